The fraction of sp³-hybridized carbons (Fsp3) is 0.300. The number of benzene rings is 1. The second-order valence-corrected chi connectivity index (χ2v) is 6.65. The lowest BCUT2D eigenvalue weighted by Gasteiger charge is -2.26. The third-order valence-corrected chi connectivity index (χ3v) is 4.34. The van der Waals surface area contributed by atoms with Crippen molar-refractivity contribution >= 4 is 17.4 Å². The molecule has 3 rings (SSSR count). The maximum absolute atomic E-state index is 12.3. The maximum Gasteiger partial charge on any atom is 0.347 e. The van der Waals surface area contributed by atoms with E-state index in [0.29, 0.717) is 24.6 Å². The van der Waals surface area contributed by atoms with Crippen molar-refractivity contribution < 1.29 is 23.8 Å². The molecule has 6 nitrogen and oxygen atoms in total. The van der Waals surface area contributed by atoms with Gasteiger partial charge in [-0.2, -0.15) is 0 Å². The minimum absolute atomic E-state index is 0.107. The maximum atomic E-state index is 12.3. The molecule has 6 heteroatoms. The van der Waals surface area contributed by atoms with Crippen LogP contribution in [0.1, 0.15) is 36.4 Å². The number of rotatable bonds is 5. The van der Waals surface area contributed by atoms with Crippen molar-refractivity contribution in [1.82, 2.24) is 4.90 Å². The van der Waals surface area contributed by atoms with Crippen molar-refractivity contribution in [3.63, 3.8) is 0 Å². The molecule has 1 aromatic heterocycles. The Hall–Kier alpha value is -3.02. The molecule has 26 heavy (non-hydrogen) atoms. The lowest BCUT2D eigenvalue weighted by molar-refractivity contribution is -0.152. The largest absolute Gasteiger partial charge is 0.478 e. The Labute approximate surface area is 151 Å². The van der Waals surface area contributed by atoms with E-state index in [0.717, 1.165) is 17.6 Å². The molecule has 2 heterocycles. The van der Waals surface area contributed by atoms with E-state index >= 15 is 0 Å². The number of nitrogens with zero attached hydrogens (tertiary/aromatic N) is 1. The molecule has 1 aromatic carbocycles. The zero-order valence-electron chi connectivity index (χ0n) is 14.8. The molecule has 136 valence electrons. The Balaban J connectivity index is 1.65. The first-order valence-corrected chi connectivity index (χ1v) is 8.41. The summed E-state index contributed by atoms with van der Waals surface area (Å²) in [6, 6.07) is 10.7. The fourth-order valence-electron chi connectivity index (χ4n) is 2.75. The van der Waals surface area contributed by atoms with Crippen LogP contribution in [-0.2, 0) is 4.79 Å². The molecule has 0 fully saturated rings. The molecule has 0 atom stereocenters. The summed E-state index contributed by atoms with van der Waals surface area (Å²) in [6.07, 6.45) is 4.27. The number of ether oxygens (including phenoxy) is 1. The van der Waals surface area contributed by atoms with E-state index in [9.17, 15) is 9.59 Å². The minimum atomic E-state index is -1.28. The molecule has 1 aliphatic heterocycles. The number of carboxylic acid groups (broad SMARTS) is 1. The SMILES string of the molecule is CC(C)(Oc1ccc(C2=CCN(C(=O)c3ccco3)CC2)cc1)C(=O)O. The van der Waals surface area contributed by atoms with E-state index in [1.54, 1.807) is 29.2 Å². The highest BCUT2D eigenvalue weighted by Crippen LogP contribution is 2.26. The molecule has 0 bridgehead atoms. The van der Waals surface area contributed by atoms with Crippen molar-refractivity contribution in [1.29, 1.82) is 0 Å². The Kier molecular flexibility index (Phi) is 4.84. The summed E-state index contributed by atoms with van der Waals surface area (Å²) >= 11 is 0. The van der Waals surface area contributed by atoms with Crippen molar-refractivity contribution in [2.45, 2.75) is 25.9 Å². The number of furan rings is 1. The predicted molar refractivity (Wildman–Crippen MR) is 96.0 cm³/mol. The summed E-state index contributed by atoms with van der Waals surface area (Å²) in [6.45, 7) is 4.17. The highest BCUT2D eigenvalue weighted by molar-refractivity contribution is 5.92. The molecule has 0 aliphatic carbocycles. The minimum Gasteiger partial charge on any atom is -0.478 e. The number of aliphatic carboxylic acids is 1. The summed E-state index contributed by atoms with van der Waals surface area (Å²) in [7, 11) is 0. The van der Waals surface area contributed by atoms with Crippen molar-refractivity contribution in [3.05, 3.63) is 60.1 Å². The monoisotopic (exact) mass is 355 g/mol. The van der Waals surface area contributed by atoms with E-state index in [1.165, 1.54) is 20.1 Å². The Bertz CT molecular complexity index is 818. The van der Waals surface area contributed by atoms with Crippen molar-refractivity contribution in [2.24, 2.45) is 0 Å². The van der Waals surface area contributed by atoms with Crippen LogP contribution in [0.5, 0.6) is 5.75 Å². The van der Waals surface area contributed by atoms with Gasteiger partial charge in [0.1, 0.15) is 5.75 Å². The van der Waals surface area contributed by atoms with Gasteiger partial charge < -0.3 is 19.2 Å². The van der Waals surface area contributed by atoms with Crippen LogP contribution < -0.4 is 4.74 Å². The summed E-state index contributed by atoms with van der Waals surface area (Å²) in [5.74, 6) is -0.264. The van der Waals surface area contributed by atoms with E-state index in [2.05, 4.69) is 0 Å². The number of carboxylic acids is 1. The molecular weight excluding hydrogens is 334 g/mol. The molecule has 0 unspecified atom stereocenters. The summed E-state index contributed by atoms with van der Waals surface area (Å²) in [5, 5.41) is 9.13. The second kappa shape index (κ2) is 7.07. The highest BCUT2D eigenvalue weighted by atomic mass is 16.5. The van der Waals surface area contributed by atoms with Crippen LogP contribution in [0.15, 0.2) is 53.2 Å². The molecule has 0 spiro atoms. The smallest absolute Gasteiger partial charge is 0.347 e. The van der Waals surface area contributed by atoms with Gasteiger partial charge in [0.25, 0.3) is 5.91 Å². The van der Waals surface area contributed by atoms with Crippen LogP contribution in [0.2, 0.25) is 0 Å². The Morgan fingerprint density at radius 1 is 1.19 bits per heavy atom. The van der Waals surface area contributed by atoms with Crippen LogP contribution in [0.25, 0.3) is 5.57 Å². The van der Waals surface area contributed by atoms with E-state index < -0.39 is 11.6 Å². The lowest BCUT2D eigenvalue weighted by atomic mass is 9.99. The van der Waals surface area contributed by atoms with Crippen LogP contribution in [-0.4, -0.2) is 40.6 Å². The highest BCUT2D eigenvalue weighted by Gasteiger charge is 2.29. The van der Waals surface area contributed by atoms with E-state index in [1.807, 2.05) is 18.2 Å². The molecule has 1 aliphatic rings. The van der Waals surface area contributed by atoms with Gasteiger partial charge in [0.2, 0.25) is 0 Å². The number of hydrogen-bond acceptors (Lipinski definition) is 4. The number of carbonyl (C=O) groups excluding carboxylic acids is 1. The zero-order valence-corrected chi connectivity index (χ0v) is 14.8. The summed E-state index contributed by atoms with van der Waals surface area (Å²) < 4.78 is 10.7. The summed E-state index contributed by atoms with van der Waals surface area (Å²) in [4.78, 5) is 25.2. The van der Waals surface area contributed by atoms with Gasteiger partial charge in [-0.25, -0.2) is 4.79 Å². The number of amides is 1. The van der Waals surface area contributed by atoms with Crippen LogP contribution >= 0.6 is 0 Å². The second-order valence-electron chi connectivity index (χ2n) is 6.65. The molecular formula is C20H21NO5. The van der Waals surface area contributed by atoms with Gasteiger partial charge in [-0.15, -0.1) is 0 Å². The quantitative estimate of drug-likeness (QED) is 0.888. The van der Waals surface area contributed by atoms with Gasteiger partial charge >= 0.3 is 5.97 Å². The number of hydrogen-bond donors (Lipinski definition) is 1. The van der Waals surface area contributed by atoms with Gasteiger partial charge in [0.05, 0.1) is 6.26 Å². The Morgan fingerprint density at radius 3 is 2.46 bits per heavy atom. The molecule has 2 aromatic rings. The third-order valence-electron chi connectivity index (χ3n) is 4.34. The van der Waals surface area contributed by atoms with E-state index in [4.69, 9.17) is 14.3 Å². The molecule has 1 N–H and O–H groups in total. The van der Waals surface area contributed by atoms with Crippen molar-refractivity contribution in [3.8, 4) is 5.75 Å². The molecule has 0 saturated carbocycles. The standard InChI is InChI=1S/C20H21NO5/c1-20(2,19(23)24)26-16-7-5-14(6-8-16)15-9-11-21(12-10-15)18(22)17-4-3-13-25-17/h3-9,13H,10-12H2,1-2H3,(H,23,24). The van der Waals surface area contributed by atoms with Gasteiger partial charge in [0.15, 0.2) is 11.4 Å². The Morgan fingerprint density at radius 2 is 1.92 bits per heavy atom. The average molecular weight is 355 g/mol. The molecule has 0 radical (unpaired) electrons. The fourth-order valence-corrected chi connectivity index (χ4v) is 2.75. The van der Waals surface area contributed by atoms with Crippen LogP contribution in [0.4, 0.5) is 0 Å². The van der Waals surface area contributed by atoms with Crippen LogP contribution in [0.3, 0.4) is 0 Å². The normalized spacial score (nSPS) is 14.7. The lowest BCUT2D eigenvalue weighted by Crippen LogP contribution is -2.37. The zero-order chi connectivity index (χ0) is 18.7. The average Bonchev–Trinajstić information content (AvgIpc) is 3.16. The van der Waals surface area contributed by atoms with Crippen molar-refractivity contribution in [2.75, 3.05) is 13.1 Å². The van der Waals surface area contributed by atoms with E-state index in [-0.39, 0.29) is 5.91 Å². The van der Waals surface area contributed by atoms with Crippen LogP contribution in [0, 0.1) is 0 Å². The molecule has 0 saturated heterocycles. The molecule has 1 amide bonds. The predicted octanol–water partition coefficient (Wildman–Crippen LogP) is 3.45. The van der Waals surface area contributed by atoms with Gasteiger partial charge in [-0.05, 0) is 55.7 Å². The number of carbonyl (C=O) groups is 2. The first-order valence-electron chi connectivity index (χ1n) is 8.41. The first kappa shape index (κ1) is 17.8. The third kappa shape index (κ3) is 3.79. The van der Waals surface area contributed by atoms with Gasteiger partial charge in [-0.1, -0.05) is 18.2 Å². The topological polar surface area (TPSA) is 80.0 Å². The summed E-state index contributed by atoms with van der Waals surface area (Å²) in [5.41, 5.74) is 0.909. The van der Waals surface area contributed by atoms with Gasteiger partial charge in [0, 0.05) is 13.1 Å². The first-order chi connectivity index (χ1) is 12.4. The van der Waals surface area contributed by atoms with Gasteiger partial charge in [-0.3, -0.25) is 4.79 Å².